The summed E-state index contributed by atoms with van der Waals surface area (Å²) in [6.07, 6.45) is 1.89. The molecule has 3 aromatic carbocycles. The Bertz CT molecular complexity index is 1350. The Balaban J connectivity index is 2.04. The third kappa shape index (κ3) is 8.80. The Morgan fingerprint density at radius 1 is 0.949 bits per heavy atom. The number of benzene rings is 3. The van der Waals surface area contributed by atoms with Gasteiger partial charge in [-0.25, -0.2) is 12.8 Å². The minimum atomic E-state index is -3.92. The number of nitrogens with zero attached hydrogens (tertiary/aromatic N) is 2. The highest BCUT2D eigenvalue weighted by molar-refractivity contribution is 7.92. The van der Waals surface area contributed by atoms with E-state index in [-0.39, 0.29) is 30.6 Å². The van der Waals surface area contributed by atoms with Gasteiger partial charge in [0.05, 0.1) is 11.9 Å². The molecule has 2 amide bonds. The van der Waals surface area contributed by atoms with E-state index in [1.165, 1.54) is 17.0 Å². The number of anilines is 1. The van der Waals surface area contributed by atoms with E-state index < -0.39 is 34.3 Å². The Kier molecular flexibility index (Phi) is 10.5. The average molecular weight is 574 g/mol. The van der Waals surface area contributed by atoms with Crippen LogP contribution in [0.2, 0.25) is 5.02 Å². The fourth-order valence-corrected chi connectivity index (χ4v) is 4.98. The van der Waals surface area contributed by atoms with Crippen LogP contribution in [-0.4, -0.2) is 50.0 Å². The van der Waals surface area contributed by atoms with Crippen LogP contribution in [-0.2, 0) is 32.6 Å². The van der Waals surface area contributed by atoms with Crippen molar-refractivity contribution in [3.05, 3.63) is 101 Å². The van der Waals surface area contributed by atoms with Crippen molar-refractivity contribution in [1.29, 1.82) is 0 Å². The maximum Gasteiger partial charge on any atom is 0.244 e. The molecule has 0 aliphatic rings. The summed E-state index contributed by atoms with van der Waals surface area (Å²) >= 11 is 6.06. The minimum Gasteiger partial charge on any atom is -0.352 e. The molecule has 0 radical (unpaired) electrons. The van der Waals surface area contributed by atoms with Crippen molar-refractivity contribution in [3.63, 3.8) is 0 Å². The fraction of sp³-hybridized carbons (Fsp3) is 0.310. The van der Waals surface area contributed by atoms with Gasteiger partial charge in [0.2, 0.25) is 21.8 Å². The first-order valence-corrected chi connectivity index (χ1v) is 14.8. The maximum atomic E-state index is 13.9. The van der Waals surface area contributed by atoms with Gasteiger partial charge in [0.25, 0.3) is 0 Å². The van der Waals surface area contributed by atoms with Gasteiger partial charge in [-0.1, -0.05) is 61.0 Å². The zero-order valence-electron chi connectivity index (χ0n) is 22.2. The summed E-state index contributed by atoms with van der Waals surface area (Å²) in [7, 11) is -3.92. The molecular formula is C29H33ClFN3O4S. The number of amides is 2. The van der Waals surface area contributed by atoms with Crippen LogP contribution in [0.3, 0.4) is 0 Å². The largest absolute Gasteiger partial charge is 0.352 e. The Hall–Kier alpha value is -3.43. The van der Waals surface area contributed by atoms with Crippen molar-refractivity contribution in [3.8, 4) is 0 Å². The van der Waals surface area contributed by atoms with Gasteiger partial charge in [-0.05, 0) is 60.9 Å². The Morgan fingerprint density at radius 3 is 2.13 bits per heavy atom. The van der Waals surface area contributed by atoms with Crippen LogP contribution in [0.4, 0.5) is 10.1 Å². The van der Waals surface area contributed by atoms with Crippen LogP contribution >= 0.6 is 11.6 Å². The van der Waals surface area contributed by atoms with Gasteiger partial charge in [-0.15, -0.1) is 0 Å². The molecule has 0 aromatic heterocycles. The molecule has 0 saturated heterocycles. The zero-order chi connectivity index (χ0) is 28.6. The molecular weight excluding hydrogens is 541 g/mol. The Labute approximate surface area is 234 Å². The van der Waals surface area contributed by atoms with Crippen LogP contribution in [0, 0.1) is 5.82 Å². The van der Waals surface area contributed by atoms with E-state index in [1.807, 2.05) is 44.2 Å². The molecule has 7 nitrogen and oxygen atoms in total. The molecule has 0 saturated carbocycles. The van der Waals surface area contributed by atoms with Gasteiger partial charge < -0.3 is 10.2 Å². The summed E-state index contributed by atoms with van der Waals surface area (Å²) in [5, 5.41) is 3.49. The van der Waals surface area contributed by atoms with Gasteiger partial charge in [-0.2, -0.15) is 0 Å². The number of rotatable bonds is 12. The second-order valence-corrected chi connectivity index (χ2v) is 11.8. The highest BCUT2D eigenvalue weighted by Gasteiger charge is 2.33. The molecule has 0 aliphatic heterocycles. The number of halogens is 2. The van der Waals surface area contributed by atoms with Crippen molar-refractivity contribution in [2.75, 3.05) is 17.1 Å². The van der Waals surface area contributed by atoms with E-state index in [0.717, 1.165) is 33.8 Å². The van der Waals surface area contributed by atoms with Gasteiger partial charge in [-0.3, -0.25) is 13.9 Å². The lowest BCUT2D eigenvalue weighted by molar-refractivity contribution is -0.140. The molecule has 3 rings (SSSR count). The lowest BCUT2D eigenvalue weighted by Crippen LogP contribution is -2.54. The number of carbonyl (C=O) groups excluding carboxylic acids is 2. The quantitative estimate of drug-likeness (QED) is 0.337. The van der Waals surface area contributed by atoms with Crippen LogP contribution < -0.4 is 9.62 Å². The number of sulfonamides is 1. The predicted molar refractivity (Wildman–Crippen MR) is 152 cm³/mol. The van der Waals surface area contributed by atoms with Crippen molar-refractivity contribution >= 4 is 39.1 Å². The van der Waals surface area contributed by atoms with Gasteiger partial charge >= 0.3 is 0 Å². The SMILES string of the molecule is CCC(C)NC(=O)C(Cc1ccccc1)N(Cc1ccc(Cl)cc1)C(=O)CN(c1ccc(F)cc1)S(C)(=O)=O. The maximum absolute atomic E-state index is 13.9. The average Bonchev–Trinajstić information content (AvgIpc) is 2.90. The topological polar surface area (TPSA) is 86.8 Å². The molecule has 0 aliphatic carbocycles. The molecule has 0 fully saturated rings. The van der Waals surface area contributed by atoms with Crippen molar-refractivity contribution in [2.24, 2.45) is 0 Å². The first-order valence-electron chi connectivity index (χ1n) is 12.6. The van der Waals surface area contributed by atoms with E-state index >= 15 is 0 Å². The highest BCUT2D eigenvalue weighted by atomic mass is 35.5. The predicted octanol–water partition coefficient (Wildman–Crippen LogP) is 4.80. The highest BCUT2D eigenvalue weighted by Crippen LogP contribution is 2.21. The summed E-state index contributed by atoms with van der Waals surface area (Å²) < 4.78 is 39.9. The number of hydrogen-bond acceptors (Lipinski definition) is 4. The molecule has 0 heterocycles. The summed E-state index contributed by atoms with van der Waals surface area (Å²) in [5.41, 5.74) is 1.70. The van der Waals surface area contributed by atoms with Gasteiger partial charge in [0.15, 0.2) is 0 Å². The molecule has 10 heteroatoms. The van der Waals surface area contributed by atoms with Gasteiger partial charge in [0, 0.05) is 24.0 Å². The number of nitrogens with one attached hydrogen (secondary N) is 1. The monoisotopic (exact) mass is 573 g/mol. The summed E-state index contributed by atoms with van der Waals surface area (Å²) in [6, 6.07) is 20.0. The second-order valence-electron chi connectivity index (χ2n) is 9.42. The molecule has 0 spiro atoms. The summed E-state index contributed by atoms with van der Waals surface area (Å²) in [4.78, 5) is 28.9. The Morgan fingerprint density at radius 2 is 1.56 bits per heavy atom. The molecule has 39 heavy (non-hydrogen) atoms. The normalized spacial score (nSPS) is 12.8. The van der Waals surface area contributed by atoms with Crippen molar-refractivity contribution in [1.82, 2.24) is 10.2 Å². The second kappa shape index (κ2) is 13.6. The van der Waals surface area contributed by atoms with E-state index in [4.69, 9.17) is 11.6 Å². The fourth-order valence-electron chi connectivity index (χ4n) is 4.00. The molecule has 0 bridgehead atoms. The first-order chi connectivity index (χ1) is 18.5. The molecule has 208 valence electrons. The number of hydrogen-bond donors (Lipinski definition) is 1. The van der Waals surface area contributed by atoms with Crippen molar-refractivity contribution in [2.45, 2.75) is 45.3 Å². The standard InChI is InChI=1S/C29H33ClFN3O4S/c1-4-21(2)32-29(36)27(18-22-8-6-5-7-9-22)33(19-23-10-12-24(30)13-11-23)28(35)20-34(39(3,37)38)26-16-14-25(31)15-17-26/h5-17,21,27H,4,18-20H2,1-3H3,(H,32,36). The molecule has 1 N–H and O–H groups in total. The first kappa shape index (κ1) is 30.1. The van der Waals surface area contributed by atoms with Crippen LogP contribution in [0.1, 0.15) is 31.4 Å². The third-order valence-electron chi connectivity index (χ3n) is 6.33. The van der Waals surface area contributed by atoms with E-state index in [1.54, 1.807) is 24.3 Å². The summed E-state index contributed by atoms with van der Waals surface area (Å²) in [5.74, 6) is -1.46. The molecule has 2 unspecified atom stereocenters. The van der Waals surface area contributed by atoms with Crippen LogP contribution in [0.15, 0.2) is 78.9 Å². The third-order valence-corrected chi connectivity index (χ3v) is 7.72. The number of carbonyl (C=O) groups is 2. The molecule has 3 aromatic rings. The lowest BCUT2D eigenvalue weighted by Gasteiger charge is -2.34. The van der Waals surface area contributed by atoms with E-state index in [0.29, 0.717) is 11.4 Å². The molecule has 2 atom stereocenters. The van der Waals surface area contributed by atoms with Gasteiger partial charge in [0.1, 0.15) is 18.4 Å². The van der Waals surface area contributed by atoms with E-state index in [9.17, 15) is 22.4 Å². The minimum absolute atomic E-state index is 0.0441. The van der Waals surface area contributed by atoms with Crippen LogP contribution in [0.5, 0.6) is 0 Å². The lowest BCUT2D eigenvalue weighted by atomic mass is 10.0. The van der Waals surface area contributed by atoms with E-state index in [2.05, 4.69) is 5.32 Å². The summed E-state index contributed by atoms with van der Waals surface area (Å²) in [6.45, 7) is 3.30. The van der Waals surface area contributed by atoms with Crippen LogP contribution in [0.25, 0.3) is 0 Å². The smallest absolute Gasteiger partial charge is 0.244 e. The van der Waals surface area contributed by atoms with Crippen molar-refractivity contribution < 1.29 is 22.4 Å². The zero-order valence-corrected chi connectivity index (χ0v) is 23.8.